The second kappa shape index (κ2) is 5.74. The van der Waals surface area contributed by atoms with Crippen LogP contribution in [0, 0.1) is 13.8 Å². The average Bonchev–Trinajstić information content (AvgIpc) is 2.41. The van der Waals surface area contributed by atoms with Crippen molar-refractivity contribution in [1.29, 1.82) is 0 Å². The minimum Gasteiger partial charge on any atom is -0.478 e. The number of anilines is 2. The van der Waals surface area contributed by atoms with Gasteiger partial charge in [-0.3, -0.25) is 0 Å². The first-order valence-electron chi connectivity index (χ1n) is 6.58. The zero-order chi connectivity index (χ0) is 14.7. The zero-order valence-corrected chi connectivity index (χ0v) is 11.9. The molecule has 0 atom stereocenters. The van der Waals surface area contributed by atoms with E-state index in [1.54, 1.807) is 12.1 Å². The Balaban J connectivity index is 2.52. The van der Waals surface area contributed by atoms with Gasteiger partial charge in [-0.2, -0.15) is 0 Å². The second-order valence-corrected chi connectivity index (χ2v) is 4.69. The van der Waals surface area contributed by atoms with Gasteiger partial charge in [0.05, 0.1) is 5.56 Å². The molecule has 0 unspecified atom stereocenters. The Kier molecular flexibility index (Phi) is 4.03. The van der Waals surface area contributed by atoms with E-state index in [1.807, 2.05) is 49.9 Å². The van der Waals surface area contributed by atoms with Crippen LogP contribution in [0.2, 0.25) is 0 Å². The predicted octanol–water partition coefficient (Wildman–Crippen LogP) is 3.55. The lowest BCUT2D eigenvalue weighted by Gasteiger charge is -2.24. The molecule has 2 aromatic rings. The lowest BCUT2D eigenvalue weighted by Crippen LogP contribution is -2.19. The molecule has 0 aliphatic carbocycles. The first kappa shape index (κ1) is 14.1. The highest BCUT2D eigenvalue weighted by atomic mass is 16.4. The largest absolute Gasteiger partial charge is 0.478 e. The van der Waals surface area contributed by atoms with Gasteiger partial charge in [-0.15, -0.1) is 0 Å². The lowest BCUT2D eigenvalue weighted by atomic mass is 10.1. The van der Waals surface area contributed by atoms with Crippen LogP contribution in [0.4, 0.5) is 11.5 Å². The van der Waals surface area contributed by atoms with Crippen molar-refractivity contribution in [3.8, 4) is 0 Å². The first-order valence-corrected chi connectivity index (χ1v) is 6.58. The molecule has 0 aliphatic rings. The van der Waals surface area contributed by atoms with Crippen LogP contribution in [-0.4, -0.2) is 22.6 Å². The van der Waals surface area contributed by atoms with Crippen molar-refractivity contribution in [2.24, 2.45) is 0 Å². The molecule has 1 aromatic heterocycles. The SMILES string of the molecule is CCN(c1cc(C(=O)O)cc(C)n1)c1ccccc1C. The van der Waals surface area contributed by atoms with Crippen LogP contribution in [0.5, 0.6) is 0 Å². The van der Waals surface area contributed by atoms with E-state index < -0.39 is 5.97 Å². The number of carboxylic acids is 1. The normalized spacial score (nSPS) is 10.3. The van der Waals surface area contributed by atoms with Gasteiger partial charge in [-0.25, -0.2) is 9.78 Å². The first-order chi connectivity index (χ1) is 9.52. The minimum atomic E-state index is -0.933. The molecule has 1 N–H and O–H groups in total. The lowest BCUT2D eigenvalue weighted by molar-refractivity contribution is 0.0696. The molecule has 1 heterocycles. The fraction of sp³-hybridized carbons (Fsp3) is 0.250. The summed E-state index contributed by atoms with van der Waals surface area (Å²) in [7, 11) is 0. The van der Waals surface area contributed by atoms with E-state index in [-0.39, 0.29) is 5.56 Å². The van der Waals surface area contributed by atoms with E-state index in [0.29, 0.717) is 11.5 Å². The molecule has 0 spiro atoms. The van der Waals surface area contributed by atoms with Crippen LogP contribution in [0.1, 0.15) is 28.5 Å². The van der Waals surface area contributed by atoms with E-state index in [4.69, 9.17) is 5.11 Å². The third-order valence-electron chi connectivity index (χ3n) is 3.19. The summed E-state index contributed by atoms with van der Waals surface area (Å²) in [4.78, 5) is 17.7. The highest BCUT2D eigenvalue weighted by Gasteiger charge is 2.14. The number of aromatic nitrogens is 1. The van der Waals surface area contributed by atoms with Gasteiger partial charge in [0.2, 0.25) is 0 Å². The van der Waals surface area contributed by atoms with E-state index >= 15 is 0 Å². The summed E-state index contributed by atoms with van der Waals surface area (Å²) in [5.74, 6) is -0.267. The predicted molar refractivity (Wildman–Crippen MR) is 79.8 cm³/mol. The molecular formula is C16H18N2O2. The number of aromatic carboxylic acids is 1. The molecule has 2 rings (SSSR count). The van der Waals surface area contributed by atoms with Gasteiger partial charge >= 0.3 is 5.97 Å². The number of pyridine rings is 1. The molecule has 0 radical (unpaired) electrons. The number of benzene rings is 1. The van der Waals surface area contributed by atoms with Gasteiger partial charge in [0.1, 0.15) is 5.82 Å². The van der Waals surface area contributed by atoms with Crippen LogP contribution >= 0.6 is 0 Å². The Hall–Kier alpha value is -2.36. The maximum absolute atomic E-state index is 11.2. The number of carbonyl (C=O) groups is 1. The number of para-hydroxylation sites is 1. The molecular weight excluding hydrogens is 252 g/mol. The summed E-state index contributed by atoms with van der Waals surface area (Å²) in [5.41, 5.74) is 3.14. The number of nitrogens with zero attached hydrogens (tertiary/aromatic N) is 2. The maximum atomic E-state index is 11.2. The van der Waals surface area contributed by atoms with E-state index in [1.165, 1.54) is 0 Å². The topological polar surface area (TPSA) is 53.4 Å². The second-order valence-electron chi connectivity index (χ2n) is 4.69. The summed E-state index contributed by atoms with van der Waals surface area (Å²) in [6.45, 7) is 6.59. The van der Waals surface area contributed by atoms with Crippen LogP contribution in [0.25, 0.3) is 0 Å². The maximum Gasteiger partial charge on any atom is 0.335 e. The van der Waals surface area contributed by atoms with Gasteiger partial charge in [-0.05, 0) is 44.5 Å². The quantitative estimate of drug-likeness (QED) is 0.923. The Bertz CT molecular complexity index is 638. The molecule has 0 saturated carbocycles. The summed E-state index contributed by atoms with van der Waals surface area (Å²) in [6, 6.07) is 11.2. The van der Waals surface area contributed by atoms with Crippen LogP contribution < -0.4 is 4.90 Å². The molecule has 20 heavy (non-hydrogen) atoms. The highest BCUT2D eigenvalue weighted by Crippen LogP contribution is 2.27. The highest BCUT2D eigenvalue weighted by molar-refractivity contribution is 5.89. The minimum absolute atomic E-state index is 0.263. The summed E-state index contributed by atoms with van der Waals surface area (Å²) in [5, 5.41) is 9.17. The Morgan fingerprint density at radius 2 is 1.95 bits per heavy atom. The number of hydrogen-bond acceptors (Lipinski definition) is 3. The van der Waals surface area contributed by atoms with Crippen molar-refractivity contribution in [3.05, 3.63) is 53.2 Å². The summed E-state index contributed by atoms with van der Waals surface area (Å²) >= 11 is 0. The molecule has 4 nitrogen and oxygen atoms in total. The van der Waals surface area contributed by atoms with Gasteiger partial charge < -0.3 is 10.0 Å². The molecule has 0 aliphatic heterocycles. The molecule has 1 aromatic carbocycles. The monoisotopic (exact) mass is 270 g/mol. The van der Waals surface area contributed by atoms with Gasteiger partial charge in [0.15, 0.2) is 0 Å². The van der Waals surface area contributed by atoms with Gasteiger partial charge in [0, 0.05) is 17.9 Å². The number of carboxylic acid groups (broad SMARTS) is 1. The van der Waals surface area contributed by atoms with Crippen molar-refractivity contribution in [2.75, 3.05) is 11.4 Å². The smallest absolute Gasteiger partial charge is 0.335 e. The van der Waals surface area contributed by atoms with E-state index in [2.05, 4.69) is 4.98 Å². The zero-order valence-electron chi connectivity index (χ0n) is 11.9. The Labute approximate surface area is 118 Å². The van der Waals surface area contributed by atoms with Crippen molar-refractivity contribution < 1.29 is 9.90 Å². The molecule has 104 valence electrons. The third kappa shape index (κ3) is 2.79. The molecule has 0 bridgehead atoms. The van der Waals surface area contributed by atoms with Gasteiger partial charge in [-0.1, -0.05) is 18.2 Å². The standard InChI is InChI=1S/C16H18N2O2/c1-4-18(14-8-6-5-7-11(14)2)15-10-13(16(19)20)9-12(3)17-15/h5-10H,4H2,1-3H3,(H,19,20). The van der Waals surface area contributed by atoms with Crippen LogP contribution in [0.15, 0.2) is 36.4 Å². The Morgan fingerprint density at radius 1 is 1.25 bits per heavy atom. The van der Waals surface area contributed by atoms with E-state index in [0.717, 1.165) is 17.8 Å². The number of aryl methyl sites for hydroxylation is 2. The third-order valence-corrected chi connectivity index (χ3v) is 3.19. The van der Waals surface area contributed by atoms with Crippen LogP contribution in [0.3, 0.4) is 0 Å². The average molecular weight is 270 g/mol. The fourth-order valence-corrected chi connectivity index (χ4v) is 2.23. The van der Waals surface area contributed by atoms with Gasteiger partial charge in [0.25, 0.3) is 0 Å². The molecule has 0 amide bonds. The summed E-state index contributed by atoms with van der Waals surface area (Å²) < 4.78 is 0. The van der Waals surface area contributed by atoms with Crippen molar-refractivity contribution >= 4 is 17.5 Å². The van der Waals surface area contributed by atoms with Crippen LogP contribution in [-0.2, 0) is 0 Å². The van der Waals surface area contributed by atoms with E-state index in [9.17, 15) is 4.79 Å². The van der Waals surface area contributed by atoms with Crippen molar-refractivity contribution in [3.63, 3.8) is 0 Å². The van der Waals surface area contributed by atoms with Crippen molar-refractivity contribution in [2.45, 2.75) is 20.8 Å². The Morgan fingerprint density at radius 3 is 2.55 bits per heavy atom. The van der Waals surface area contributed by atoms with Crippen molar-refractivity contribution in [1.82, 2.24) is 4.98 Å². The fourth-order valence-electron chi connectivity index (χ4n) is 2.23. The molecule has 0 fully saturated rings. The number of rotatable bonds is 4. The molecule has 4 heteroatoms. The molecule has 0 saturated heterocycles. The number of hydrogen-bond donors (Lipinski definition) is 1. The summed E-state index contributed by atoms with van der Waals surface area (Å²) in [6.07, 6.45) is 0.